The van der Waals surface area contributed by atoms with Crippen molar-refractivity contribution in [1.29, 1.82) is 0 Å². The molecule has 0 radical (unpaired) electrons. The molecule has 0 saturated carbocycles. The first-order chi connectivity index (χ1) is 15.4. The fourth-order valence-electron chi connectivity index (χ4n) is 3.49. The summed E-state index contributed by atoms with van der Waals surface area (Å²) in [5.74, 6) is -0.0642. The van der Waals surface area contributed by atoms with Gasteiger partial charge in [-0.25, -0.2) is 17.8 Å². The maximum absolute atomic E-state index is 15.2. The van der Waals surface area contributed by atoms with E-state index in [9.17, 15) is 13.5 Å². The Morgan fingerprint density at radius 3 is 2.36 bits per heavy atom. The molecule has 0 spiro atoms. The molecule has 0 bridgehead atoms. The Morgan fingerprint density at radius 2 is 1.73 bits per heavy atom. The van der Waals surface area contributed by atoms with E-state index in [0.29, 0.717) is 33.4 Å². The molecule has 0 aliphatic carbocycles. The lowest BCUT2D eigenvalue weighted by Gasteiger charge is -2.13. The third-order valence-corrected chi connectivity index (χ3v) is 6.69. The number of halogens is 2. The normalized spacial score (nSPS) is 12.2. The minimum atomic E-state index is -3.42. The van der Waals surface area contributed by atoms with Crippen molar-refractivity contribution < 1.29 is 17.9 Å². The minimum absolute atomic E-state index is 0.119. The molecule has 33 heavy (non-hydrogen) atoms. The van der Waals surface area contributed by atoms with Gasteiger partial charge in [-0.1, -0.05) is 35.9 Å². The number of aromatic nitrogens is 2. The van der Waals surface area contributed by atoms with Gasteiger partial charge in [0.05, 0.1) is 21.3 Å². The minimum Gasteiger partial charge on any atom is -0.384 e. The molecule has 1 aromatic heterocycles. The number of aliphatic hydroxyl groups is 1. The molecule has 0 saturated heterocycles. The molecular formula is C25H22ClFN2O3S. The van der Waals surface area contributed by atoms with Crippen molar-refractivity contribution in [3.05, 3.63) is 89.5 Å². The molecule has 1 heterocycles. The van der Waals surface area contributed by atoms with Crippen molar-refractivity contribution >= 4 is 21.4 Å². The molecule has 5 nitrogen and oxygen atoms in total. The van der Waals surface area contributed by atoms with Crippen molar-refractivity contribution in [3.8, 4) is 28.2 Å². The van der Waals surface area contributed by atoms with Crippen LogP contribution in [0.2, 0.25) is 5.02 Å². The second-order valence-corrected chi connectivity index (χ2v) is 10.7. The van der Waals surface area contributed by atoms with Gasteiger partial charge in [0.15, 0.2) is 9.84 Å². The number of imidazole rings is 1. The topological polar surface area (TPSA) is 72.2 Å². The Bertz CT molecular complexity index is 1460. The molecule has 0 aliphatic rings. The lowest BCUT2D eigenvalue weighted by molar-refractivity contribution is 0.0743. The van der Waals surface area contributed by atoms with Gasteiger partial charge in [-0.05, 0) is 61.9 Å². The standard InChI is InChI=1S/C25H22ClFN2O3S/c1-25(2,30)23-15-29(24(28-23)20-9-4-5-10-21(20)26)17-11-12-19(22(27)14-17)16-7-6-8-18(13-16)33(3,31)32/h4-15,30H,1-3H3. The van der Waals surface area contributed by atoms with Crippen LogP contribution in [0.3, 0.4) is 0 Å². The van der Waals surface area contributed by atoms with Gasteiger partial charge in [0.1, 0.15) is 17.2 Å². The van der Waals surface area contributed by atoms with E-state index < -0.39 is 21.3 Å². The van der Waals surface area contributed by atoms with Crippen LogP contribution < -0.4 is 0 Å². The van der Waals surface area contributed by atoms with Gasteiger partial charge in [0, 0.05) is 23.6 Å². The number of rotatable bonds is 5. The third kappa shape index (κ3) is 4.71. The number of benzene rings is 3. The molecule has 4 rings (SSSR count). The summed E-state index contributed by atoms with van der Waals surface area (Å²) in [7, 11) is -3.42. The van der Waals surface area contributed by atoms with E-state index in [-0.39, 0.29) is 10.5 Å². The fraction of sp³-hybridized carbons (Fsp3) is 0.160. The Balaban J connectivity index is 1.85. The average molecular weight is 485 g/mol. The monoisotopic (exact) mass is 484 g/mol. The van der Waals surface area contributed by atoms with Crippen LogP contribution in [-0.4, -0.2) is 29.3 Å². The first-order valence-electron chi connectivity index (χ1n) is 10.1. The summed E-state index contributed by atoms with van der Waals surface area (Å²) in [6, 6.07) is 18.0. The van der Waals surface area contributed by atoms with Crippen molar-refractivity contribution in [3.63, 3.8) is 0 Å². The molecule has 3 aromatic carbocycles. The van der Waals surface area contributed by atoms with Gasteiger partial charge in [0.2, 0.25) is 0 Å². The van der Waals surface area contributed by atoms with Gasteiger partial charge in [-0.3, -0.25) is 4.57 Å². The summed E-state index contributed by atoms with van der Waals surface area (Å²) < 4.78 is 40.7. The van der Waals surface area contributed by atoms with Crippen molar-refractivity contribution in [1.82, 2.24) is 9.55 Å². The fourth-order valence-corrected chi connectivity index (χ4v) is 4.37. The number of hydrogen-bond acceptors (Lipinski definition) is 4. The molecule has 0 aliphatic heterocycles. The molecule has 8 heteroatoms. The van der Waals surface area contributed by atoms with Crippen LogP contribution in [0.1, 0.15) is 19.5 Å². The van der Waals surface area contributed by atoms with Crippen molar-refractivity contribution in [2.24, 2.45) is 0 Å². The molecule has 170 valence electrons. The first kappa shape index (κ1) is 23.2. The maximum atomic E-state index is 15.2. The van der Waals surface area contributed by atoms with E-state index >= 15 is 4.39 Å². The second-order valence-electron chi connectivity index (χ2n) is 8.32. The third-order valence-electron chi connectivity index (χ3n) is 5.25. The average Bonchev–Trinajstić information content (AvgIpc) is 3.19. The molecule has 0 amide bonds. The Labute approximate surface area is 197 Å². The quantitative estimate of drug-likeness (QED) is 0.398. The van der Waals surface area contributed by atoms with Gasteiger partial charge in [-0.15, -0.1) is 0 Å². The SMILES string of the molecule is CC(C)(O)c1cn(-c2ccc(-c3cccc(S(C)(=O)=O)c3)c(F)c2)c(-c2ccccc2Cl)n1. The molecule has 0 atom stereocenters. The van der Waals surface area contributed by atoms with Crippen LogP contribution in [0, 0.1) is 5.82 Å². The molecule has 0 unspecified atom stereocenters. The zero-order valence-corrected chi connectivity index (χ0v) is 19.8. The number of hydrogen-bond donors (Lipinski definition) is 1. The van der Waals surface area contributed by atoms with Crippen LogP contribution in [0.5, 0.6) is 0 Å². The Kier molecular flexibility index (Phi) is 5.90. The second kappa shape index (κ2) is 8.41. The van der Waals surface area contributed by atoms with Crippen molar-refractivity contribution in [2.45, 2.75) is 24.3 Å². The largest absolute Gasteiger partial charge is 0.384 e. The van der Waals surface area contributed by atoms with Crippen LogP contribution in [-0.2, 0) is 15.4 Å². The van der Waals surface area contributed by atoms with E-state index in [1.165, 1.54) is 18.2 Å². The lowest BCUT2D eigenvalue weighted by atomic mass is 10.0. The van der Waals surface area contributed by atoms with Crippen molar-refractivity contribution in [2.75, 3.05) is 6.26 Å². The number of sulfone groups is 1. The van der Waals surface area contributed by atoms with Crippen LogP contribution in [0.4, 0.5) is 4.39 Å². The molecular weight excluding hydrogens is 463 g/mol. The zero-order chi connectivity index (χ0) is 24.0. The van der Waals surface area contributed by atoms with E-state index in [1.54, 1.807) is 67.1 Å². The Morgan fingerprint density at radius 1 is 1.00 bits per heavy atom. The Hall–Kier alpha value is -3.00. The highest BCUT2D eigenvalue weighted by Crippen LogP contribution is 2.33. The predicted octanol–water partition coefficient (Wildman–Crippen LogP) is 5.63. The van der Waals surface area contributed by atoms with Gasteiger partial charge >= 0.3 is 0 Å². The summed E-state index contributed by atoms with van der Waals surface area (Å²) in [6.45, 7) is 3.24. The molecule has 1 N–H and O–H groups in total. The smallest absolute Gasteiger partial charge is 0.175 e. The predicted molar refractivity (Wildman–Crippen MR) is 128 cm³/mol. The van der Waals surface area contributed by atoms with E-state index in [0.717, 1.165) is 6.26 Å². The summed E-state index contributed by atoms with van der Waals surface area (Å²) in [6.07, 6.45) is 2.76. The van der Waals surface area contributed by atoms with E-state index in [2.05, 4.69) is 4.98 Å². The van der Waals surface area contributed by atoms with Gasteiger partial charge in [-0.2, -0.15) is 0 Å². The highest BCUT2D eigenvalue weighted by Gasteiger charge is 2.24. The summed E-state index contributed by atoms with van der Waals surface area (Å²) in [5.41, 5.74) is 1.03. The highest BCUT2D eigenvalue weighted by atomic mass is 35.5. The first-order valence-corrected chi connectivity index (χ1v) is 12.4. The zero-order valence-electron chi connectivity index (χ0n) is 18.3. The van der Waals surface area contributed by atoms with Crippen LogP contribution in [0.25, 0.3) is 28.2 Å². The summed E-state index contributed by atoms with van der Waals surface area (Å²) >= 11 is 6.39. The maximum Gasteiger partial charge on any atom is 0.175 e. The van der Waals surface area contributed by atoms with Gasteiger partial charge < -0.3 is 5.11 Å². The summed E-state index contributed by atoms with van der Waals surface area (Å²) in [5, 5.41) is 11.0. The molecule has 0 fully saturated rings. The van der Waals surface area contributed by atoms with E-state index in [4.69, 9.17) is 11.6 Å². The van der Waals surface area contributed by atoms with Gasteiger partial charge in [0.25, 0.3) is 0 Å². The number of nitrogens with zero attached hydrogens (tertiary/aromatic N) is 2. The summed E-state index contributed by atoms with van der Waals surface area (Å²) in [4.78, 5) is 4.70. The lowest BCUT2D eigenvalue weighted by Crippen LogP contribution is -2.15. The van der Waals surface area contributed by atoms with Crippen LogP contribution in [0.15, 0.2) is 77.8 Å². The van der Waals surface area contributed by atoms with E-state index in [1.807, 2.05) is 6.07 Å². The highest BCUT2D eigenvalue weighted by molar-refractivity contribution is 7.90. The van der Waals surface area contributed by atoms with Crippen LogP contribution >= 0.6 is 11.6 Å². The molecule has 4 aromatic rings.